The fourth-order valence-corrected chi connectivity index (χ4v) is 4.49. The lowest BCUT2D eigenvalue weighted by Crippen LogP contribution is -2.54. The summed E-state index contributed by atoms with van der Waals surface area (Å²) in [6.07, 6.45) is -1.61. The van der Waals surface area contributed by atoms with Crippen molar-refractivity contribution < 1.29 is 27.6 Å². The van der Waals surface area contributed by atoms with Gasteiger partial charge in [0.25, 0.3) is 6.43 Å². The molecule has 36 heavy (non-hydrogen) atoms. The maximum Gasteiger partial charge on any atom is 0.323 e. The van der Waals surface area contributed by atoms with Crippen LogP contribution in [-0.2, 0) is 4.79 Å². The van der Waals surface area contributed by atoms with Crippen LogP contribution in [0, 0.1) is 5.82 Å². The molecule has 9 nitrogen and oxygen atoms in total. The molecule has 3 aromatic rings. The highest BCUT2D eigenvalue weighted by molar-refractivity contribution is 6.30. The van der Waals surface area contributed by atoms with Crippen molar-refractivity contribution in [3.05, 3.63) is 65.1 Å². The number of anilines is 1. The molecule has 190 valence electrons. The van der Waals surface area contributed by atoms with Crippen LogP contribution in [0.25, 0.3) is 10.9 Å². The van der Waals surface area contributed by atoms with Gasteiger partial charge in [-0.1, -0.05) is 41.9 Å². The Labute approximate surface area is 208 Å². The summed E-state index contributed by atoms with van der Waals surface area (Å²) < 4.78 is 43.2. The molecule has 0 spiro atoms. The van der Waals surface area contributed by atoms with Crippen LogP contribution in [0.2, 0.25) is 5.02 Å². The zero-order chi connectivity index (χ0) is 26.1. The molecule has 2 aromatic carbocycles. The quantitative estimate of drug-likeness (QED) is 0.408. The molecule has 0 saturated carbocycles. The van der Waals surface area contributed by atoms with E-state index in [0.717, 1.165) is 15.5 Å². The first kappa shape index (κ1) is 25.3. The van der Waals surface area contributed by atoms with Crippen molar-refractivity contribution in [3.63, 3.8) is 0 Å². The highest BCUT2D eigenvalue weighted by atomic mass is 35.5. The lowest BCUT2D eigenvalue weighted by atomic mass is 10.0. The minimum atomic E-state index is -3.17. The van der Waals surface area contributed by atoms with Crippen LogP contribution in [0.3, 0.4) is 0 Å². The van der Waals surface area contributed by atoms with Crippen LogP contribution in [-0.4, -0.2) is 52.5 Å². The van der Waals surface area contributed by atoms with Crippen molar-refractivity contribution in [2.24, 2.45) is 11.5 Å². The second-order valence-corrected chi connectivity index (χ2v) is 8.66. The van der Waals surface area contributed by atoms with Gasteiger partial charge in [-0.25, -0.2) is 22.8 Å². The molecule has 1 fully saturated rings. The van der Waals surface area contributed by atoms with Gasteiger partial charge >= 0.3 is 12.1 Å². The SMILES string of the molecule is NC(=O)n1cc(NC(=O)N2CC[C@@H](N)[C@H]2C(=O)N[C@@H](c2cccc(Cl)c2F)C(F)F)c2ccccc21. The largest absolute Gasteiger partial charge is 0.351 e. The second-order valence-electron chi connectivity index (χ2n) is 8.25. The van der Waals surface area contributed by atoms with Gasteiger partial charge in [0, 0.05) is 29.7 Å². The number of carbonyl (C=O) groups excluding carboxylic acids is 3. The monoisotopic (exact) mass is 522 g/mol. The summed E-state index contributed by atoms with van der Waals surface area (Å²) in [5.74, 6) is -2.06. The number of nitrogens with two attached hydrogens (primary N) is 2. The summed E-state index contributed by atoms with van der Waals surface area (Å²) in [6, 6.07) is 4.58. The van der Waals surface area contributed by atoms with Gasteiger partial charge in [-0.15, -0.1) is 0 Å². The van der Waals surface area contributed by atoms with Crippen molar-refractivity contribution in [1.29, 1.82) is 0 Å². The van der Waals surface area contributed by atoms with E-state index >= 15 is 0 Å². The van der Waals surface area contributed by atoms with Gasteiger partial charge in [-0.3, -0.25) is 9.36 Å². The maximum absolute atomic E-state index is 14.4. The maximum atomic E-state index is 14.4. The van der Waals surface area contributed by atoms with Gasteiger partial charge in [0.15, 0.2) is 0 Å². The summed E-state index contributed by atoms with van der Waals surface area (Å²) in [4.78, 5) is 39.0. The lowest BCUT2D eigenvalue weighted by Gasteiger charge is -2.28. The van der Waals surface area contributed by atoms with Gasteiger partial charge < -0.3 is 27.0 Å². The predicted octanol–water partition coefficient (Wildman–Crippen LogP) is 3.42. The number of primary amides is 1. The van der Waals surface area contributed by atoms with Crippen molar-refractivity contribution >= 4 is 46.2 Å². The fraction of sp³-hybridized carbons (Fsp3) is 0.261. The summed E-state index contributed by atoms with van der Waals surface area (Å²) in [5, 5.41) is 4.89. The van der Waals surface area contributed by atoms with Crippen LogP contribution in [0.1, 0.15) is 18.0 Å². The molecule has 1 saturated heterocycles. The third-order valence-electron chi connectivity index (χ3n) is 6.03. The number of halogens is 4. The topological polar surface area (TPSA) is 135 Å². The average Bonchev–Trinajstić information content (AvgIpc) is 3.40. The van der Waals surface area contributed by atoms with Crippen LogP contribution >= 0.6 is 11.6 Å². The molecule has 0 radical (unpaired) electrons. The van der Waals surface area contributed by atoms with Crippen LogP contribution in [0.15, 0.2) is 48.7 Å². The Bertz CT molecular complexity index is 1330. The minimum absolute atomic E-state index is 0.0599. The van der Waals surface area contributed by atoms with E-state index in [1.54, 1.807) is 24.3 Å². The van der Waals surface area contributed by atoms with Crippen LogP contribution in [0.5, 0.6) is 0 Å². The molecule has 2 heterocycles. The Hall–Kier alpha value is -3.77. The summed E-state index contributed by atoms with van der Waals surface area (Å²) >= 11 is 5.71. The van der Waals surface area contributed by atoms with Crippen molar-refractivity contribution in [1.82, 2.24) is 14.8 Å². The number of para-hydroxylation sites is 1. The molecule has 1 aliphatic rings. The molecule has 1 aliphatic heterocycles. The summed E-state index contributed by atoms with van der Waals surface area (Å²) in [5.41, 5.74) is 11.7. The first-order valence-electron chi connectivity index (χ1n) is 10.9. The van der Waals surface area contributed by atoms with Gasteiger partial charge in [-0.05, 0) is 18.6 Å². The molecular formula is C23H22ClF3N6O3. The fourth-order valence-electron chi connectivity index (χ4n) is 4.30. The second kappa shape index (κ2) is 10.1. The van der Waals surface area contributed by atoms with Crippen LogP contribution in [0.4, 0.5) is 28.4 Å². The number of rotatable bonds is 5. The number of fused-ring (bicyclic) bond motifs is 1. The zero-order valence-corrected chi connectivity index (χ0v) is 19.4. The van der Waals surface area contributed by atoms with E-state index in [1.807, 2.05) is 0 Å². The molecule has 1 aromatic heterocycles. The number of nitrogens with zero attached hydrogens (tertiary/aromatic N) is 2. The Morgan fingerprint density at radius 2 is 1.83 bits per heavy atom. The first-order chi connectivity index (χ1) is 17.1. The molecule has 0 unspecified atom stereocenters. The Morgan fingerprint density at radius 3 is 2.53 bits per heavy atom. The highest BCUT2D eigenvalue weighted by Gasteiger charge is 2.42. The molecule has 0 aliphatic carbocycles. The Morgan fingerprint density at radius 1 is 1.11 bits per heavy atom. The Balaban J connectivity index is 1.57. The van der Waals surface area contributed by atoms with E-state index in [2.05, 4.69) is 10.6 Å². The van der Waals surface area contributed by atoms with Gasteiger partial charge in [-0.2, -0.15) is 0 Å². The molecule has 3 atom stereocenters. The predicted molar refractivity (Wildman–Crippen MR) is 127 cm³/mol. The number of likely N-dealkylation sites (tertiary alicyclic amines) is 1. The van der Waals surface area contributed by atoms with Crippen molar-refractivity contribution in [2.45, 2.75) is 31.0 Å². The highest BCUT2D eigenvalue weighted by Crippen LogP contribution is 2.30. The smallest absolute Gasteiger partial charge is 0.323 e. The number of carbonyl (C=O) groups is 3. The van der Waals surface area contributed by atoms with E-state index < -0.39 is 53.9 Å². The first-order valence-corrected chi connectivity index (χ1v) is 11.2. The molecule has 4 rings (SSSR count). The van der Waals surface area contributed by atoms with Crippen molar-refractivity contribution in [2.75, 3.05) is 11.9 Å². The van der Waals surface area contributed by atoms with E-state index in [1.165, 1.54) is 18.3 Å². The lowest BCUT2D eigenvalue weighted by molar-refractivity contribution is -0.127. The molecule has 4 amide bonds. The van der Waals surface area contributed by atoms with E-state index in [9.17, 15) is 27.6 Å². The third kappa shape index (κ3) is 4.69. The number of hydrogen-bond acceptors (Lipinski definition) is 4. The van der Waals surface area contributed by atoms with E-state index in [0.29, 0.717) is 10.9 Å². The normalized spacial score (nSPS) is 18.4. The molecule has 13 heteroatoms. The summed E-state index contributed by atoms with van der Waals surface area (Å²) in [7, 11) is 0. The number of urea groups is 1. The number of nitrogens with one attached hydrogen (secondary N) is 2. The zero-order valence-electron chi connectivity index (χ0n) is 18.6. The number of benzene rings is 2. The number of aromatic nitrogens is 1. The van der Waals surface area contributed by atoms with Crippen molar-refractivity contribution in [3.8, 4) is 0 Å². The molecule has 6 N–H and O–H groups in total. The molecular weight excluding hydrogens is 501 g/mol. The minimum Gasteiger partial charge on any atom is -0.351 e. The van der Waals surface area contributed by atoms with Gasteiger partial charge in [0.1, 0.15) is 17.9 Å². The molecule has 0 bridgehead atoms. The third-order valence-corrected chi connectivity index (χ3v) is 6.32. The van der Waals surface area contributed by atoms with Gasteiger partial charge in [0.05, 0.1) is 16.2 Å². The number of hydrogen-bond donors (Lipinski definition) is 4. The summed E-state index contributed by atoms with van der Waals surface area (Å²) in [6.45, 7) is 0.0599. The average molecular weight is 523 g/mol. The van der Waals surface area contributed by atoms with Gasteiger partial charge in [0.2, 0.25) is 5.91 Å². The van der Waals surface area contributed by atoms with E-state index in [-0.39, 0.29) is 23.7 Å². The number of amides is 4. The van der Waals surface area contributed by atoms with Crippen LogP contribution < -0.4 is 22.1 Å². The Kier molecular flexibility index (Phi) is 7.09. The number of alkyl halides is 2. The standard InChI is InChI=1S/C23H22ClF3N6O3/c24-13-6-3-5-12(17(13)25)18(20(26)27)31-21(34)19-14(28)8-9-32(19)23(36)30-15-10-33(22(29)35)16-7-2-1-4-11(15)16/h1-7,10,14,18-20H,8-9,28H2,(H2,29,35)(H,30,36)(H,31,34)/t14-,18+,19+/m1/s1. The van der Waals surface area contributed by atoms with E-state index in [4.69, 9.17) is 23.1 Å².